The highest BCUT2D eigenvalue weighted by Gasteiger charge is 2.07. The second-order valence-electron chi connectivity index (χ2n) is 3.07. The molecule has 15 heavy (non-hydrogen) atoms. The molecule has 0 aromatic carbocycles. The summed E-state index contributed by atoms with van der Waals surface area (Å²) in [7, 11) is 1.52. The van der Waals surface area contributed by atoms with Crippen molar-refractivity contribution in [3.05, 3.63) is 30.2 Å². The number of pyridine rings is 1. The lowest BCUT2D eigenvalue weighted by Crippen LogP contribution is -2.26. The zero-order valence-corrected chi connectivity index (χ0v) is 8.28. The smallest absolute Gasteiger partial charge is 0.271 e. The molecule has 0 spiro atoms. The number of nitrogens with one attached hydrogen (secondary N) is 2. The number of H-pyrrole nitrogens is 1. The maximum atomic E-state index is 11.5. The average molecular weight is 205 g/mol. The van der Waals surface area contributed by atoms with E-state index < -0.39 is 0 Å². The van der Waals surface area contributed by atoms with Gasteiger partial charge < -0.3 is 15.0 Å². The van der Waals surface area contributed by atoms with Crippen molar-refractivity contribution in [2.24, 2.45) is 0 Å². The first-order valence-corrected chi connectivity index (χ1v) is 4.51. The fourth-order valence-electron chi connectivity index (χ4n) is 1.30. The van der Waals surface area contributed by atoms with Crippen LogP contribution < -0.4 is 5.32 Å². The van der Waals surface area contributed by atoms with Crippen LogP contribution in [0.1, 0.15) is 10.5 Å². The van der Waals surface area contributed by atoms with Crippen molar-refractivity contribution in [1.29, 1.82) is 0 Å². The summed E-state index contributed by atoms with van der Waals surface area (Å²) < 4.78 is 4.74. The topological polar surface area (TPSA) is 67.0 Å². The molecule has 5 nitrogen and oxygen atoms in total. The van der Waals surface area contributed by atoms with Gasteiger partial charge in [0.05, 0.1) is 11.7 Å². The van der Waals surface area contributed by atoms with Gasteiger partial charge in [-0.25, -0.2) is 4.98 Å². The molecule has 0 unspecified atom stereocenters. The molecule has 1 amide bonds. The minimum Gasteiger partial charge on any atom is -0.364 e. The highest BCUT2D eigenvalue weighted by molar-refractivity contribution is 5.95. The zero-order valence-electron chi connectivity index (χ0n) is 8.28. The fourth-order valence-corrected chi connectivity index (χ4v) is 1.30. The third-order valence-electron chi connectivity index (χ3n) is 2.05. The molecule has 0 bridgehead atoms. The minimum atomic E-state index is -0.236. The number of carbonyl (C=O) groups excluding carboxylic acids is 1. The normalized spacial score (nSPS) is 10.5. The number of aromatic nitrogens is 2. The van der Waals surface area contributed by atoms with Crippen molar-refractivity contribution in [2.75, 3.05) is 13.8 Å². The standard InChI is InChI=1S/C10H11N3O2/c1-15-6-13-10(14)8-4-7-2-3-11-9(7)5-12-8/h2-5,11H,6H2,1H3,(H,13,14). The highest BCUT2D eigenvalue weighted by atomic mass is 16.5. The first-order chi connectivity index (χ1) is 7.31. The summed E-state index contributed by atoms with van der Waals surface area (Å²) in [5, 5.41) is 3.54. The number of hydrogen-bond acceptors (Lipinski definition) is 3. The van der Waals surface area contributed by atoms with Gasteiger partial charge in [0.2, 0.25) is 0 Å². The Bertz CT molecular complexity index is 478. The molecule has 0 fully saturated rings. The Kier molecular flexibility index (Phi) is 2.64. The van der Waals surface area contributed by atoms with Gasteiger partial charge in [-0.1, -0.05) is 0 Å². The van der Waals surface area contributed by atoms with Crippen molar-refractivity contribution >= 4 is 16.8 Å². The van der Waals surface area contributed by atoms with Gasteiger partial charge in [-0.05, 0) is 12.1 Å². The van der Waals surface area contributed by atoms with Crippen molar-refractivity contribution in [3.63, 3.8) is 0 Å². The number of hydrogen-bond donors (Lipinski definition) is 2. The van der Waals surface area contributed by atoms with Crippen LogP contribution in [-0.4, -0.2) is 29.7 Å². The Morgan fingerprint density at radius 1 is 1.67 bits per heavy atom. The summed E-state index contributed by atoms with van der Waals surface area (Å²) >= 11 is 0. The highest BCUT2D eigenvalue weighted by Crippen LogP contribution is 2.11. The van der Waals surface area contributed by atoms with Crippen LogP contribution in [0.4, 0.5) is 0 Å². The van der Waals surface area contributed by atoms with Gasteiger partial charge in [0.15, 0.2) is 0 Å². The minimum absolute atomic E-state index is 0.186. The lowest BCUT2D eigenvalue weighted by atomic mass is 10.2. The van der Waals surface area contributed by atoms with Crippen molar-refractivity contribution in [2.45, 2.75) is 0 Å². The molecule has 2 heterocycles. The second kappa shape index (κ2) is 4.10. The van der Waals surface area contributed by atoms with Crippen LogP contribution in [0.2, 0.25) is 0 Å². The lowest BCUT2D eigenvalue weighted by Gasteiger charge is -2.02. The molecule has 78 valence electrons. The number of rotatable bonds is 3. The van der Waals surface area contributed by atoms with Gasteiger partial charge in [-0.3, -0.25) is 4.79 Å². The van der Waals surface area contributed by atoms with E-state index in [9.17, 15) is 4.79 Å². The summed E-state index contributed by atoms with van der Waals surface area (Å²) in [4.78, 5) is 18.5. The van der Waals surface area contributed by atoms with E-state index in [4.69, 9.17) is 4.74 Å². The molecular formula is C10H11N3O2. The van der Waals surface area contributed by atoms with E-state index in [1.807, 2.05) is 12.3 Å². The number of methoxy groups -OCH3 is 1. The monoisotopic (exact) mass is 205 g/mol. The van der Waals surface area contributed by atoms with E-state index in [0.717, 1.165) is 10.9 Å². The van der Waals surface area contributed by atoms with Gasteiger partial charge in [0.25, 0.3) is 5.91 Å². The van der Waals surface area contributed by atoms with Crippen LogP contribution in [-0.2, 0) is 4.74 Å². The second-order valence-corrected chi connectivity index (χ2v) is 3.07. The molecule has 0 aliphatic heterocycles. The van der Waals surface area contributed by atoms with Crippen LogP contribution in [0.15, 0.2) is 24.5 Å². The molecule has 0 aliphatic rings. The molecule has 5 heteroatoms. The largest absolute Gasteiger partial charge is 0.364 e. The van der Waals surface area contributed by atoms with Gasteiger partial charge in [0, 0.05) is 18.7 Å². The van der Waals surface area contributed by atoms with Gasteiger partial charge >= 0.3 is 0 Å². The summed E-state index contributed by atoms with van der Waals surface area (Å²) in [5.41, 5.74) is 1.30. The van der Waals surface area contributed by atoms with Crippen molar-refractivity contribution in [3.8, 4) is 0 Å². The number of ether oxygens (including phenoxy) is 1. The molecular weight excluding hydrogens is 194 g/mol. The summed E-state index contributed by atoms with van der Waals surface area (Å²) in [6.07, 6.45) is 3.44. The van der Waals surface area contributed by atoms with Crippen molar-refractivity contribution in [1.82, 2.24) is 15.3 Å². The molecule has 2 aromatic heterocycles. The summed E-state index contributed by atoms with van der Waals surface area (Å²) in [5.74, 6) is -0.236. The Labute approximate surface area is 86.5 Å². The van der Waals surface area contributed by atoms with Crippen LogP contribution in [0, 0.1) is 0 Å². The van der Waals surface area contributed by atoms with Crippen LogP contribution >= 0.6 is 0 Å². The number of carbonyl (C=O) groups is 1. The Hall–Kier alpha value is -1.88. The first-order valence-electron chi connectivity index (χ1n) is 4.51. The van der Waals surface area contributed by atoms with Crippen LogP contribution in [0.5, 0.6) is 0 Å². The Balaban J connectivity index is 2.23. The van der Waals surface area contributed by atoms with Gasteiger partial charge in [-0.2, -0.15) is 0 Å². The summed E-state index contributed by atoms with van der Waals surface area (Å²) in [6, 6.07) is 3.63. The van der Waals surface area contributed by atoms with E-state index >= 15 is 0 Å². The van der Waals surface area contributed by atoms with E-state index in [-0.39, 0.29) is 12.6 Å². The maximum Gasteiger partial charge on any atom is 0.271 e. The third kappa shape index (κ3) is 1.97. The molecule has 0 atom stereocenters. The first kappa shape index (κ1) is 9.67. The number of aromatic amines is 1. The number of amides is 1. The molecule has 0 saturated heterocycles. The fraction of sp³-hybridized carbons (Fsp3) is 0.200. The van der Waals surface area contributed by atoms with Gasteiger partial charge in [0.1, 0.15) is 12.4 Å². The van der Waals surface area contributed by atoms with Gasteiger partial charge in [-0.15, -0.1) is 0 Å². The SMILES string of the molecule is COCNC(=O)c1cc2cc[nH]c2cn1. The molecule has 2 aromatic rings. The number of nitrogens with zero attached hydrogens (tertiary/aromatic N) is 1. The number of fused-ring (bicyclic) bond motifs is 1. The lowest BCUT2D eigenvalue weighted by molar-refractivity contribution is 0.0867. The summed E-state index contributed by atoms with van der Waals surface area (Å²) in [6.45, 7) is 0.186. The van der Waals surface area contributed by atoms with E-state index in [2.05, 4.69) is 15.3 Å². The molecule has 0 aliphatic carbocycles. The Morgan fingerprint density at radius 2 is 2.53 bits per heavy atom. The molecule has 0 saturated carbocycles. The predicted octanol–water partition coefficient (Wildman–Crippen LogP) is 0.897. The Morgan fingerprint density at radius 3 is 3.33 bits per heavy atom. The zero-order chi connectivity index (χ0) is 10.7. The molecule has 0 radical (unpaired) electrons. The molecule has 2 rings (SSSR count). The van der Waals surface area contributed by atoms with Crippen LogP contribution in [0.25, 0.3) is 10.9 Å². The van der Waals surface area contributed by atoms with E-state index in [0.29, 0.717) is 5.69 Å². The van der Waals surface area contributed by atoms with Crippen LogP contribution in [0.3, 0.4) is 0 Å². The van der Waals surface area contributed by atoms with Crippen molar-refractivity contribution < 1.29 is 9.53 Å². The predicted molar refractivity (Wildman–Crippen MR) is 55.4 cm³/mol. The quantitative estimate of drug-likeness (QED) is 0.731. The average Bonchev–Trinajstić information content (AvgIpc) is 2.72. The van der Waals surface area contributed by atoms with E-state index in [1.165, 1.54) is 7.11 Å². The molecule has 2 N–H and O–H groups in total. The third-order valence-corrected chi connectivity index (χ3v) is 2.05. The maximum absolute atomic E-state index is 11.5. The van der Waals surface area contributed by atoms with E-state index in [1.54, 1.807) is 12.3 Å².